The van der Waals surface area contributed by atoms with Crippen molar-refractivity contribution in [1.29, 1.82) is 0 Å². The summed E-state index contributed by atoms with van der Waals surface area (Å²) in [5.41, 5.74) is 4.74. The molecule has 3 N–H and O–H groups in total. The fourth-order valence-corrected chi connectivity index (χ4v) is 3.55. The molecule has 0 unspecified atom stereocenters. The SMILES string of the molecule is Nc1sc(S(=O)(=O)NCCCC(F)(F)F)cc1[N+](=O)[O-]. The topological polar surface area (TPSA) is 115 Å². The molecule has 0 aliphatic carbocycles. The molecule has 0 saturated heterocycles. The molecule has 1 aromatic heterocycles. The normalized spacial score (nSPS) is 12.6. The molecule has 7 nitrogen and oxygen atoms in total. The average Bonchev–Trinajstić information content (AvgIpc) is 2.66. The molecule has 0 fully saturated rings. The van der Waals surface area contributed by atoms with Crippen LogP contribution in [0.15, 0.2) is 10.3 Å². The van der Waals surface area contributed by atoms with E-state index in [4.69, 9.17) is 5.73 Å². The zero-order valence-electron chi connectivity index (χ0n) is 9.81. The number of hydrogen-bond donors (Lipinski definition) is 2. The first kappa shape index (κ1) is 16.7. The number of sulfonamides is 1. The Bertz CT molecular complexity index is 597. The van der Waals surface area contributed by atoms with E-state index in [2.05, 4.69) is 0 Å². The number of anilines is 1. The van der Waals surface area contributed by atoms with Crippen LogP contribution < -0.4 is 10.5 Å². The van der Waals surface area contributed by atoms with Crippen molar-refractivity contribution >= 4 is 32.0 Å². The summed E-state index contributed by atoms with van der Waals surface area (Å²) in [6.45, 7) is -0.423. The fourth-order valence-electron chi connectivity index (χ4n) is 1.21. The minimum absolute atomic E-state index is 0.286. The Balaban J connectivity index is 2.70. The summed E-state index contributed by atoms with van der Waals surface area (Å²) < 4.78 is 60.5. The van der Waals surface area contributed by atoms with Crippen molar-refractivity contribution in [3.05, 3.63) is 16.2 Å². The Labute approximate surface area is 115 Å². The predicted octanol–water partition coefficient (Wildman–Crippen LogP) is 1.86. The molecule has 0 saturated carbocycles. The zero-order chi connectivity index (χ0) is 15.6. The van der Waals surface area contributed by atoms with Gasteiger partial charge in [0.05, 0.1) is 4.92 Å². The highest BCUT2D eigenvalue weighted by Crippen LogP contribution is 2.34. The van der Waals surface area contributed by atoms with Crippen molar-refractivity contribution in [2.24, 2.45) is 0 Å². The summed E-state index contributed by atoms with van der Waals surface area (Å²) in [4.78, 5) is 9.69. The summed E-state index contributed by atoms with van der Waals surface area (Å²) in [7, 11) is -4.10. The van der Waals surface area contributed by atoms with Crippen LogP contribution in [-0.4, -0.2) is 26.1 Å². The molecule has 1 aromatic rings. The summed E-state index contributed by atoms with van der Waals surface area (Å²) in [6.07, 6.45) is -5.91. The largest absolute Gasteiger partial charge is 0.389 e. The number of halogens is 3. The van der Waals surface area contributed by atoms with E-state index in [1.54, 1.807) is 0 Å². The Morgan fingerprint density at radius 1 is 1.45 bits per heavy atom. The molecule has 0 atom stereocenters. The van der Waals surface area contributed by atoms with Crippen LogP contribution in [-0.2, 0) is 10.0 Å². The first-order valence-corrected chi connectivity index (χ1v) is 7.43. The van der Waals surface area contributed by atoms with Gasteiger partial charge < -0.3 is 5.73 Å². The van der Waals surface area contributed by atoms with Crippen LogP contribution in [0.4, 0.5) is 23.9 Å². The summed E-state index contributed by atoms with van der Waals surface area (Å²) in [5.74, 6) is 0. The number of nitrogens with zero attached hydrogens (tertiary/aromatic N) is 1. The highest BCUT2D eigenvalue weighted by molar-refractivity contribution is 7.91. The van der Waals surface area contributed by atoms with Gasteiger partial charge in [-0.05, 0) is 6.42 Å². The average molecular weight is 333 g/mol. The van der Waals surface area contributed by atoms with Crippen molar-refractivity contribution in [3.63, 3.8) is 0 Å². The maximum atomic E-state index is 11.9. The second-order valence-electron chi connectivity index (χ2n) is 3.69. The Morgan fingerprint density at radius 3 is 2.50 bits per heavy atom. The highest BCUT2D eigenvalue weighted by atomic mass is 32.2. The first-order valence-electron chi connectivity index (χ1n) is 5.13. The minimum atomic E-state index is -4.36. The van der Waals surface area contributed by atoms with Gasteiger partial charge in [0.15, 0.2) is 5.00 Å². The van der Waals surface area contributed by atoms with Crippen LogP contribution in [0.3, 0.4) is 0 Å². The van der Waals surface area contributed by atoms with E-state index in [9.17, 15) is 31.7 Å². The van der Waals surface area contributed by atoms with E-state index in [0.29, 0.717) is 11.3 Å². The number of thiophene rings is 1. The van der Waals surface area contributed by atoms with Crippen molar-refractivity contribution in [2.45, 2.75) is 23.2 Å². The van der Waals surface area contributed by atoms with Crippen LogP contribution >= 0.6 is 11.3 Å². The summed E-state index contributed by atoms with van der Waals surface area (Å²) >= 11 is 0.477. The van der Waals surface area contributed by atoms with E-state index in [-0.39, 0.29) is 5.00 Å². The van der Waals surface area contributed by atoms with Gasteiger partial charge in [-0.2, -0.15) is 13.2 Å². The molecule has 0 spiro atoms. The molecule has 0 aliphatic heterocycles. The molecule has 0 bridgehead atoms. The maximum Gasteiger partial charge on any atom is 0.389 e. The predicted molar refractivity (Wildman–Crippen MR) is 65.9 cm³/mol. The van der Waals surface area contributed by atoms with Crippen LogP contribution in [0.1, 0.15) is 12.8 Å². The van der Waals surface area contributed by atoms with E-state index >= 15 is 0 Å². The molecule has 0 radical (unpaired) electrons. The van der Waals surface area contributed by atoms with Crippen molar-refractivity contribution in [2.75, 3.05) is 12.3 Å². The van der Waals surface area contributed by atoms with Crippen LogP contribution in [0.2, 0.25) is 0 Å². The lowest BCUT2D eigenvalue weighted by Gasteiger charge is -2.06. The Morgan fingerprint density at radius 2 is 2.05 bits per heavy atom. The number of hydrogen-bond acceptors (Lipinski definition) is 6. The van der Waals surface area contributed by atoms with Crippen molar-refractivity contribution in [3.8, 4) is 0 Å². The summed E-state index contributed by atoms with van der Waals surface area (Å²) in [6, 6.07) is 0.770. The molecule has 0 amide bonds. The lowest BCUT2D eigenvalue weighted by atomic mass is 10.3. The number of rotatable bonds is 6. The van der Waals surface area contributed by atoms with Gasteiger partial charge in [0.1, 0.15) is 4.21 Å². The molecule has 12 heteroatoms. The molecule has 1 heterocycles. The van der Waals surface area contributed by atoms with E-state index < -0.39 is 50.4 Å². The maximum absolute atomic E-state index is 11.9. The van der Waals surface area contributed by atoms with Crippen molar-refractivity contribution < 1.29 is 26.5 Å². The molecule has 0 aromatic carbocycles. The number of alkyl halides is 3. The molecule has 20 heavy (non-hydrogen) atoms. The molecule has 1 rings (SSSR count). The minimum Gasteiger partial charge on any atom is -0.385 e. The third-order valence-corrected chi connectivity index (χ3v) is 5.00. The summed E-state index contributed by atoms with van der Waals surface area (Å²) in [5, 5.41) is 10.2. The monoisotopic (exact) mass is 333 g/mol. The van der Waals surface area contributed by atoms with Gasteiger partial charge in [0.2, 0.25) is 10.0 Å². The number of nitrogens with two attached hydrogens (primary N) is 1. The Hall–Kier alpha value is -1.40. The van der Waals surface area contributed by atoms with Crippen LogP contribution in [0, 0.1) is 10.1 Å². The molecular weight excluding hydrogens is 323 g/mol. The third-order valence-electron chi connectivity index (χ3n) is 2.11. The quantitative estimate of drug-likeness (QED) is 0.468. The van der Waals surface area contributed by atoms with Gasteiger partial charge in [0.25, 0.3) is 0 Å². The van der Waals surface area contributed by atoms with Crippen LogP contribution in [0.5, 0.6) is 0 Å². The second-order valence-corrected chi connectivity index (χ2v) is 6.77. The van der Waals surface area contributed by atoms with Gasteiger partial charge in [-0.25, -0.2) is 13.1 Å². The highest BCUT2D eigenvalue weighted by Gasteiger charge is 2.27. The van der Waals surface area contributed by atoms with Gasteiger partial charge in [-0.15, -0.1) is 0 Å². The standard InChI is InChI=1S/C8H10F3N3O4S2/c9-8(10,11)2-1-3-13-20(17,18)6-4-5(14(15)16)7(12)19-6/h4,13H,1-3,12H2. The van der Waals surface area contributed by atoms with Gasteiger partial charge in [-0.1, -0.05) is 11.3 Å². The van der Waals surface area contributed by atoms with Gasteiger partial charge in [0, 0.05) is 19.0 Å². The fraction of sp³-hybridized carbons (Fsp3) is 0.500. The lowest BCUT2D eigenvalue weighted by molar-refractivity contribution is -0.383. The Kier molecular flexibility index (Phi) is 4.94. The molecule has 114 valence electrons. The van der Waals surface area contributed by atoms with Gasteiger partial charge >= 0.3 is 11.9 Å². The van der Waals surface area contributed by atoms with Gasteiger partial charge in [-0.3, -0.25) is 10.1 Å². The van der Waals surface area contributed by atoms with Crippen molar-refractivity contribution in [1.82, 2.24) is 4.72 Å². The van der Waals surface area contributed by atoms with E-state index in [0.717, 1.165) is 6.07 Å². The zero-order valence-corrected chi connectivity index (χ0v) is 11.4. The lowest BCUT2D eigenvalue weighted by Crippen LogP contribution is -2.25. The first-order chi connectivity index (χ1) is 9.03. The molecular formula is C8H10F3N3O4S2. The second kappa shape index (κ2) is 5.93. The number of nitrogen functional groups attached to an aromatic ring is 1. The number of nitrogens with one attached hydrogen (secondary N) is 1. The molecule has 0 aliphatic rings. The third kappa shape index (κ3) is 4.61. The smallest absolute Gasteiger partial charge is 0.385 e. The van der Waals surface area contributed by atoms with E-state index in [1.807, 2.05) is 4.72 Å². The number of nitro groups is 1. The van der Waals surface area contributed by atoms with E-state index in [1.165, 1.54) is 0 Å². The van der Waals surface area contributed by atoms with Crippen LogP contribution in [0.25, 0.3) is 0 Å².